The highest BCUT2D eigenvalue weighted by Crippen LogP contribution is 2.52. The van der Waals surface area contributed by atoms with Gasteiger partial charge < -0.3 is 50.2 Å². The summed E-state index contributed by atoms with van der Waals surface area (Å²) in [4.78, 5) is 26.8. The molecule has 2 amide bonds. The zero-order chi connectivity index (χ0) is 41.2. The van der Waals surface area contributed by atoms with E-state index in [4.69, 9.17) is 52.3 Å². The minimum atomic E-state index is -1.59. The number of alkyl carbamates (subject to hydrolysis) is 1. The van der Waals surface area contributed by atoms with E-state index < -0.39 is 65.4 Å². The molecule has 2 aliphatic heterocycles. The molecule has 2 aliphatic rings. The van der Waals surface area contributed by atoms with E-state index in [1.54, 1.807) is 13.8 Å². The SMILES string of the molecule is COc1cc(C(O)OC(C)OC(=O)NCC2COC(C)(C)O2)ccc1NC(=O)C1NC(CC(C)(C)C)C(C=N)(c2ccc(Cl)cc2F)C1c1cccc(Cl)c1F. The Labute approximate surface area is 335 Å². The number of methoxy groups -OCH3 is 1. The maximum atomic E-state index is 16.1. The van der Waals surface area contributed by atoms with Crippen molar-refractivity contribution in [1.82, 2.24) is 10.6 Å². The van der Waals surface area contributed by atoms with E-state index in [2.05, 4.69) is 16.0 Å². The highest BCUT2D eigenvalue weighted by Gasteiger charge is 2.59. The molecule has 16 heteroatoms. The molecular formula is C40H48Cl2F2N4O8. The number of hydrogen-bond donors (Lipinski definition) is 5. The summed E-state index contributed by atoms with van der Waals surface area (Å²) >= 11 is 12.4. The Balaban J connectivity index is 1.40. The molecule has 5 rings (SSSR count). The summed E-state index contributed by atoms with van der Waals surface area (Å²) in [6.45, 7) is 11.3. The zero-order valence-electron chi connectivity index (χ0n) is 32.2. The van der Waals surface area contributed by atoms with E-state index in [1.807, 2.05) is 20.8 Å². The first-order valence-corrected chi connectivity index (χ1v) is 18.8. The predicted octanol–water partition coefficient (Wildman–Crippen LogP) is 7.60. The smallest absolute Gasteiger partial charge is 0.409 e. The number of aliphatic hydroxyl groups excluding tert-OH is 1. The first-order valence-electron chi connectivity index (χ1n) is 18.0. The summed E-state index contributed by atoms with van der Waals surface area (Å²) in [6, 6.07) is 10.9. The van der Waals surface area contributed by atoms with Crippen LogP contribution in [0.4, 0.5) is 19.3 Å². The Morgan fingerprint density at radius 1 is 1.14 bits per heavy atom. The summed E-state index contributed by atoms with van der Waals surface area (Å²) < 4.78 is 59.5. The van der Waals surface area contributed by atoms with Gasteiger partial charge in [-0.05, 0) is 68.5 Å². The van der Waals surface area contributed by atoms with Crippen LogP contribution in [-0.4, -0.2) is 73.8 Å². The Morgan fingerprint density at radius 3 is 2.50 bits per heavy atom. The monoisotopic (exact) mass is 820 g/mol. The van der Waals surface area contributed by atoms with Crippen LogP contribution in [0.15, 0.2) is 54.6 Å². The third-order valence-corrected chi connectivity index (χ3v) is 10.3. The fourth-order valence-corrected chi connectivity index (χ4v) is 7.73. The number of rotatable bonds is 13. The second kappa shape index (κ2) is 17.3. The van der Waals surface area contributed by atoms with Crippen LogP contribution in [-0.2, 0) is 29.2 Å². The molecule has 0 radical (unpaired) electrons. The van der Waals surface area contributed by atoms with Gasteiger partial charge in [0.05, 0.1) is 35.9 Å². The molecule has 2 heterocycles. The topological polar surface area (TPSA) is 160 Å². The predicted molar refractivity (Wildman–Crippen MR) is 207 cm³/mol. The van der Waals surface area contributed by atoms with Gasteiger partial charge in [-0.25, -0.2) is 13.6 Å². The first kappa shape index (κ1) is 43.2. The highest BCUT2D eigenvalue weighted by atomic mass is 35.5. The van der Waals surface area contributed by atoms with Crippen LogP contribution >= 0.6 is 23.2 Å². The van der Waals surface area contributed by atoms with Crippen molar-refractivity contribution < 1.29 is 47.2 Å². The lowest BCUT2D eigenvalue weighted by atomic mass is 9.62. The van der Waals surface area contributed by atoms with E-state index in [-0.39, 0.29) is 56.2 Å². The van der Waals surface area contributed by atoms with Crippen LogP contribution in [0.3, 0.4) is 0 Å². The van der Waals surface area contributed by atoms with Gasteiger partial charge in [0.25, 0.3) is 0 Å². The molecule has 7 atom stereocenters. The molecule has 2 fully saturated rings. The number of nitrogens with one attached hydrogen (secondary N) is 4. The van der Waals surface area contributed by atoms with Crippen LogP contribution in [0.2, 0.25) is 10.0 Å². The van der Waals surface area contributed by atoms with Gasteiger partial charge in [-0.15, -0.1) is 0 Å². The lowest BCUT2D eigenvalue weighted by molar-refractivity contribution is -0.203. The summed E-state index contributed by atoms with van der Waals surface area (Å²) in [5.41, 5.74) is -1.51. The van der Waals surface area contributed by atoms with Gasteiger partial charge >= 0.3 is 6.09 Å². The first-order chi connectivity index (χ1) is 26.3. The number of halogens is 4. The van der Waals surface area contributed by atoms with Gasteiger partial charge in [-0.3, -0.25) is 4.79 Å². The zero-order valence-corrected chi connectivity index (χ0v) is 33.7. The Morgan fingerprint density at radius 2 is 1.88 bits per heavy atom. The molecule has 12 nitrogen and oxygen atoms in total. The molecular weight excluding hydrogens is 773 g/mol. The molecule has 5 N–H and O–H groups in total. The van der Waals surface area contributed by atoms with Gasteiger partial charge in [0.15, 0.2) is 12.1 Å². The summed E-state index contributed by atoms with van der Waals surface area (Å²) in [7, 11) is 1.36. The second-order valence-corrected chi connectivity index (χ2v) is 16.4. The van der Waals surface area contributed by atoms with Gasteiger partial charge in [0.2, 0.25) is 12.2 Å². The Hall–Kier alpha value is -3.89. The fraction of sp³-hybridized carbons (Fsp3) is 0.475. The van der Waals surface area contributed by atoms with Crippen LogP contribution in [0.25, 0.3) is 0 Å². The molecule has 56 heavy (non-hydrogen) atoms. The van der Waals surface area contributed by atoms with Gasteiger partial charge in [0.1, 0.15) is 23.5 Å². The number of amides is 2. The second-order valence-electron chi connectivity index (χ2n) is 15.5. The quantitative estimate of drug-likeness (QED) is 0.0865. The standard InChI is InChI=1S/C40H48Cl2F2N4O8/c1-21(55-37(51)46-18-24-19-53-39(5,6)56-24)54-36(50)22-11-14-29(30(15-22)52-7)47-35(49)34-32(25-9-8-10-27(42)33(25)44)40(20-45,31(48-34)17-38(2,3)4)26-13-12-23(41)16-28(26)43/h8-16,20-21,24,31-32,34,36,45,48,50H,17-19H2,1-7H3,(H,46,51)(H,47,49). The van der Waals surface area contributed by atoms with E-state index in [1.165, 1.54) is 62.6 Å². The van der Waals surface area contributed by atoms with Gasteiger partial charge in [-0.2, -0.15) is 0 Å². The van der Waals surface area contributed by atoms with Crippen molar-refractivity contribution in [3.05, 3.63) is 93.0 Å². The molecule has 0 aromatic heterocycles. The third-order valence-electron chi connectivity index (χ3n) is 9.76. The molecule has 0 bridgehead atoms. The molecule has 3 aromatic carbocycles. The van der Waals surface area contributed by atoms with Crippen LogP contribution < -0.4 is 20.7 Å². The maximum absolute atomic E-state index is 16.1. The van der Waals surface area contributed by atoms with Crippen molar-refractivity contribution >= 4 is 47.1 Å². The number of hydrogen-bond acceptors (Lipinski definition) is 10. The molecule has 304 valence electrons. The molecule has 0 spiro atoms. The van der Waals surface area contributed by atoms with E-state index in [0.717, 1.165) is 12.3 Å². The maximum Gasteiger partial charge on any atom is 0.409 e. The normalized spacial score (nSPS) is 24.3. The fourth-order valence-electron chi connectivity index (χ4n) is 7.39. The molecule has 2 saturated heterocycles. The Kier molecular flexibility index (Phi) is 13.4. The highest BCUT2D eigenvalue weighted by molar-refractivity contribution is 6.31. The van der Waals surface area contributed by atoms with E-state index in [0.29, 0.717) is 13.0 Å². The lowest BCUT2D eigenvalue weighted by Crippen LogP contribution is -2.46. The van der Waals surface area contributed by atoms with Crippen molar-refractivity contribution in [1.29, 1.82) is 5.41 Å². The van der Waals surface area contributed by atoms with Crippen LogP contribution in [0.5, 0.6) is 5.75 Å². The van der Waals surface area contributed by atoms with Gasteiger partial charge in [0, 0.05) is 40.9 Å². The number of anilines is 1. The number of benzene rings is 3. The minimum Gasteiger partial charge on any atom is -0.495 e. The van der Waals surface area contributed by atoms with Crippen molar-refractivity contribution in [2.75, 3.05) is 25.6 Å². The number of ether oxygens (including phenoxy) is 5. The molecule has 7 unspecified atom stereocenters. The number of carbonyl (C=O) groups excluding carboxylic acids is 2. The largest absolute Gasteiger partial charge is 0.495 e. The average molecular weight is 822 g/mol. The molecule has 3 aromatic rings. The lowest BCUT2D eigenvalue weighted by Gasteiger charge is -2.40. The summed E-state index contributed by atoms with van der Waals surface area (Å²) in [5.74, 6) is -3.95. The van der Waals surface area contributed by atoms with Crippen LogP contribution in [0, 0.1) is 22.5 Å². The van der Waals surface area contributed by atoms with Crippen LogP contribution in [0.1, 0.15) is 76.9 Å². The summed E-state index contributed by atoms with van der Waals surface area (Å²) in [5, 5.41) is 28.4. The Bertz CT molecular complexity index is 1930. The molecule has 0 aliphatic carbocycles. The number of aliphatic hydroxyl groups is 1. The minimum absolute atomic E-state index is 0.0110. The van der Waals surface area contributed by atoms with Crippen molar-refractivity contribution in [3.8, 4) is 5.75 Å². The van der Waals surface area contributed by atoms with E-state index in [9.17, 15) is 14.7 Å². The molecule has 0 saturated carbocycles. The van der Waals surface area contributed by atoms with Crippen molar-refractivity contribution in [2.24, 2.45) is 5.41 Å². The number of carbonyl (C=O) groups is 2. The summed E-state index contributed by atoms with van der Waals surface area (Å²) in [6.07, 6.45) is -2.46. The third kappa shape index (κ3) is 9.62. The van der Waals surface area contributed by atoms with E-state index >= 15 is 8.78 Å². The van der Waals surface area contributed by atoms with Crippen molar-refractivity contribution in [3.63, 3.8) is 0 Å². The average Bonchev–Trinajstić information content (AvgIpc) is 3.63. The van der Waals surface area contributed by atoms with Crippen molar-refractivity contribution in [2.45, 2.75) is 95.9 Å². The van der Waals surface area contributed by atoms with Gasteiger partial charge in [-0.1, -0.05) is 68.2 Å².